The predicted molar refractivity (Wildman–Crippen MR) is 122 cm³/mol. The van der Waals surface area contributed by atoms with Crippen LogP contribution >= 0.6 is 0 Å². The van der Waals surface area contributed by atoms with Crippen molar-refractivity contribution in [2.75, 3.05) is 11.4 Å². The van der Waals surface area contributed by atoms with E-state index in [2.05, 4.69) is 17.0 Å². The molecule has 7 heteroatoms. The largest absolute Gasteiger partial charge is 0.478 e. The summed E-state index contributed by atoms with van der Waals surface area (Å²) in [5.41, 5.74) is 2.38. The molecule has 0 saturated heterocycles. The molecule has 1 aliphatic heterocycles. The molecular weight excluding hydrogens is 404 g/mol. The molecule has 3 aromatic rings. The number of ketones is 1. The fraction of sp³-hybridized carbons (Fsp3) is 0.200. The highest BCUT2D eigenvalue weighted by molar-refractivity contribution is 6.06. The van der Waals surface area contributed by atoms with Crippen LogP contribution < -0.4 is 4.90 Å². The van der Waals surface area contributed by atoms with Gasteiger partial charge in [0.25, 0.3) is 0 Å². The fourth-order valence-corrected chi connectivity index (χ4v) is 3.68. The number of anilines is 1. The molecule has 0 unspecified atom stereocenters. The number of aromatic nitrogens is 3. The van der Waals surface area contributed by atoms with Crippen LogP contribution in [0.1, 0.15) is 45.7 Å². The van der Waals surface area contributed by atoms with Gasteiger partial charge < -0.3 is 10.0 Å². The van der Waals surface area contributed by atoms with Crippen LogP contribution in [-0.4, -0.2) is 38.2 Å². The minimum absolute atomic E-state index is 0.188. The van der Waals surface area contributed by atoms with E-state index in [1.165, 1.54) is 0 Å². The number of nitrogens with zero attached hydrogens (tertiary/aromatic N) is 4. The van der Waals surface area contributed by atoms with Crippen molar-refractivity contribution in [3.8, 4) is 0 Å². The minimum Gasteiger partial charge on any atom is -0.478 e. The first kappa shape index (κ1) is 21.2. The second-order valence-corrected chi connectivity index (χ2v) is 7.54. The fourth-order valence-electron chi connectivity index (χ4n) is 3.68. The van der Waals surface area contributed by atoms with Crippen LogP contribution in [0.4, 0.5) is 5.69 Å². The summed E-state index contributed by atoms with van der Waals surface area (Å²) in [6.45, 7) is 3.07. The number of allylic oxidation sites excluding steroid dienone is 2. The van der Waals surface area contributed by atoms with Gasteiger partial charge in [0, 0.05) is 24.7 Å². The minimum atomic E-state index is -0.962. The average molecular weight is 428 g/mol. The smallest absolute Gasteiger partial charge is 0.337 e. The zero-order valence-corrected chi connectivity index (χ0v) is 17.8. The highest BCUT2D eigenvalue weighted by Gasteiger charge is 2.20. The van der Waals surface area contributed by atoms with Crippen molar-refractivity contribution >= 4 is 17.4 Å². The Morgan fingerprint density at radius 3 is 2.56 bits per heavy atom. The molecule has 0 atom stereocenters. The number of aromatic carboxylic acids is 1. The van der Waals surface area contributed by atoms with Crippen molar-refractivity contribution in [1.29, 1.82) is 0 Å². The third-order valence-electron chi connectivity index (χ3n) is 5.19. The number of carboxylic acid groups (broad SMARTS) is 1. The number of carbonyl (C=O) groups excluding carboxylic acids is 1. The molecule has 0 aliphatic carbocycles. The second-order valence-electron chi connectivity index (χ2n) is 7.54. The zero-order chi connectivity index (χ0) is 22.5. The lowest BCUT2D eigenvalue weighted by Crippen LogP contribution is -2.23. The number of benzene rings is 2. The number of hydrogen-bond acceptors (Lipinski definition) is 5. The molecule has 0 amide bonds. The molecule has 1 aliphatic rings. The normalized spacial score (nSPS) is 13.2. The molecule has 1 N–H and O–H groups in total. The number of carboxylic acids is 1. The molecule has 4 rings (SSSR count). The Bertz CT molecular complexity index is 1190. The monoisotopic (exact) mass is 428 g/mol. The molecule has 7 nitrogen and oxygen atoms in total. The molecule has 2 heterocycles. The third kappa shape index (κ3) is 4.51. The average Bonchev–Trinajstić information content (AvgIpc) is 3.21. The van der Waals surface area contributed by atoms with Gasteiger partial charge in [-0.1, -0.05) is 61.5 Å². The van der Waals surface area contributed by atoms with Crippen molar-refractivity contribution in [2.24, 2.45) is 0 Å². The molecule has 0 fully saturated rings. The van der Waals surface area contributed by atoms with Crippen molar-refractivity contribution in [2.45, 2.75) is 26.3 Å². The van der Waals surface area contributed by atoms with Crippen LogP contribution in [0, 0.1) is 0 Å². The summed E-state index contributed by atoms with van der Waals surface area (Å²) >= 11 is 0. The molecule has 0 bridgehead atoms. The Labute approximate surface area is 186 Å². The first-order valence-corrected chi connectivity index (χ1v) is 10.6. The van der Waals surface area contributed by atoms with E-state index >= 15 is 0 Å². The molecule has 162 valence electrons. The summed E-state index contributed by atoms with van der Waals surface area (Å²) in [6, 6.07) is 16.0. The van der Waals surface area contributed by atoms with Crippen LogP contribution in [0.5, 0.6) is 0 Å². The van der Waals surface area contributed by atoms with E-state index in [0.29, 0.717) is 30.8 Å². The van der Waals surface area contributed by atoms with E-state index in [0.717, 1.165) is 17.8 Å². The van der Waals surface area contributed by atoms with E-state index in [9.17, 15) is 14.7 Å². The zero-order valence-electron chi connectivity index (χ0n) is 17.8. The van der Waals surface area contributed by atoms with Crippen LogP contribution in [0.15, 0.2) is 78.5 Å². The van der Waals surface area contributed by atoms with Crippen molar-refractivity contribution in [1.82, 2.24) is 14.8 Å². The summed E-state index contributed by atoms with van der Waals surface area (Å²) in [6.07, 6.45) is 7.50. The van der Waals surface area contributed by atoms with Crippen molar-refractivity contribution < 1.29 is 14.7 Å². The Morgan fingerprint density at radius 2 is 1.81 bits per heavy atom. The molecular formula is C25H24N4O3. The van der Waals surface area contributed by atoms with Gasteiger partial charge in [0.05, 0.1) is 17.8 Å². The van der Waals surface area contributed by atoms with E-state index in [1.807, 2.05) is 47.5 Å². The van der Waals surface area contributed by atoms with Crippen LogP contribution in [0.2, 0.25) is 0 Å². The van der Waals surface area contributed by atoms with Crippen LogP contribution in [0.3, 0.4) is 0 Å². The standard InChI is InChI=1S/C25H24N4O3/c1-2-9-22-26-24(23(30)19-11-4-3-5-12-19)27-29(22)17-18-10-8-15-28(16-18)21-14-7-6-13-20(21)25(31)32/h3-8,10-14,16H,2,9,15,17H2,1H3,(H,31,32). The maximum absolute atomic E-state index is 12.8. The van der Waals surface area contributed by atoms with E-state index in [1.54, 1.807) is 35.0 Å². The Kier molecular flexibility index (Phi) is 6.26. The maximum atomic E-state index is 12.8. The SMILES string of the molecule is CCCc1nc(C(=O)c2ccccc2)nn1CC1=CN(c2ccccc2C(=O)O)CC=C1. The number of hydrogen-bond donors (Lipinski definition) is 1. The molecule has 32 heavy (non-hydrogen) atoms. The Balaban J connectivity index is 1.62. The van der Waals surface area contributed by atoms with Gasteiger partial charge in [-0.3, -0.25) is 4.79 Å². The third-order valence-corrected chi connectivity index (χ3v) is 5.19. The highest BCUT2D eigenvalue weighted by atomic mass is 16.4. The number of aryl methyl sites for hydroxylation is 1. The second kappa shape index (κ2) is 9.43. The van der Waals surface area contributed by atoms with Gasteiger partial charge >= 0.3 is 5.97 Å². The summed E-state index contributed by atoms with van der Waals surface area (Å²) in [5, 5.41) is 14.0. The first-order valence-electron chi connectivity index (χ1n) is 10.6. The number of para-hydroxylation sites is 1. The molecule has 0 saturated carbocycles. The summed E-state index contributed by atoms with van der Waals surface area (Å²) < 4.78 is 1.77. The number of rotatable bonds is 8. The molecule has 2 aromatic carbocycles. The van der Waals surface area contributed by atoms with Crippen LogP contribution in [-0.2, 0) is 13.0 Å². The maximum Gasteiger partial charge on any atom is 0.337 e. The van der Waals surface area contributed by atoms with E-state index in [4.69, 9.17) is 0 Å². The lowest BCUT2D eigenvalue weighted by atomic mass is 10.1. The molecule has 0 radical (unpaired) electrons. The van der Waals surface area contributed by atoms with E-state index in [-0.39, 0.29) is 17.2 Å². The number of carbonyl (C=O) groups is 2. The lowest BCUT2D eigenvalue weighted by Gasteiger charge is -2.25. The van der Waals surface area contributed by atoms with Gasteiger partial charge in [-0.05, 0) is 24.1 Å². The van der Waals surface area contributed by atoms with Crippen molar-refractivity contribution in [3.63, 3.8) is 0 Å². The molecule has 1 aromatic heterocycles. The van der Waals surface area contributed by atoms with Crippen molar-refractivity contribution in [3.05, 3.63) is 101 Å². The van der Waals surface area contributed by atoms with Gasteiger partial charge in [0.1, 0.15) is 5.82 Å². The quantitative estimate of drug-likeness (QED) is 0.543. The summed E-state index contributed by atoms with van der Waals surface area (Å²) in [5.74, 6) is -0.222. The van der Waals surface area contributed by atoms with Gasteiger partial charge in [0.15, 0.2) is 0 Å². The summed E-state index contributed by atoms with van der Waals surface area (Å²) in [4.78, 5) is 30.9. The van der Waals surface area contributed by atoms with Gasteiger partial charge in [-0.2, -0.15) is 0 Å². The molecule has 0 spiro atoms. The predicted octanol–water partition coefficient (Wildman–Crippen LogP) is 4.12. The Morgan fingerprint density at radius 1 is 1.06 bits per heavy atom. The topological polar surface area (TPSA) is 88.3 Å². The van der Waals surface area contributed by atoms with Gasteiger partial charge in [-0.25, -0.2) is 14.5 Å². The van der Waals surface area contributed by atoms with Crippen LogP contribution in [0.25, 0.3) is 0 Å². The lowest BCUT2D eigenvalue weighted by molar-refractivity contribution is 0.0697. The van der Waals surface area contributed by atoms with E-state index < -0.39 is 5.97 Å². The highest BCUT2D eigenvalue weighted by Crippen LogP contribution is 2.24. The van der Waals surface area contributed by atoms with Gasteiger partial charge in [-0.15, -0.1) is 5.10 Å². The summed E-state index contributed by atoms with van der Waals surface area (Å²) in [7, 11) is 0. The first-order chi connectivity index (χ1) is 15.6. The van der Waals surface area contributed by atoms with Gasteiger partial charge in [0.2, 0.25) is 11.6 Å². The Hall–Kier alpha value is -4.00.